The molecule has 0 radical (unpaired) electrons. The van der Waals surface area contributed by atoms with E-state index >= 15 is 0 Å². The van der Waals surface area contributed by atoms with Crippen molar-refractivity contribution in [2.24, 2.45) is 16.5 Å². The van der Waals surface area contributed by atoms with Gasteiger partial charge in [-0.05, 0) is 34.0 Å². The van der Waals surface area contributed by atoms with E-state index < -0.39 is 0 Å². The van der Waals surface area contributed by atoms with Crippen molar-refractivity contribution in [1.82, 2.24) is 0 Å². The van der Waals surface area contributed by atoms with Crippen molar-refractivity contribution in [3.63, 3.8) is 0 Å². The zero-order valence-electron chi connectivity index (χ0n) is 8.53. The Morgan fingerprint density at radius 1 is 1.47 bits per heavy atom. The van der Waals surface area contributed by atoms with E-state index in [0.717, 1.165) is 22.2 Å². The molecule has 0 heterocycles. The third-order valence-electron chi connectivity index (χ3n) is 1.93. The lowest BCUT2D eigenvalue weighted by Crippen LogP contribution is -2.23. The molecular formula is C10H14BrN3O. The first kappa shape index (κ1) is 11.8. The summed E-state index contributed by atoms with van der Waals surface area (Å²) in [5.74, 6) is 0.951. The first-order valence-electron chi connectivity index (χ1n) is 4.52. The van der Waals surface area contributed by atoms with Gasteiger partial charge in [-0.1, -0.05) is 12.1 Å². The van der Waals surface area contributed by atoms with Crippen LogP contribution in [0.1, 0.15) is 5.56 Å². The molecule has 0 aliphatic carbocycles. The van der Waals surface area contributed by atoms with Gasteiger partial charge in [0.2, 0.25) is 0 Å². The zero-order valence-corrected chi connectivity index (χ0v) is 10.1. The molecule has 82 valence electrons. The van der Waals surface area contributed by atoms with Crippen molar-refractivity contribution >= 4 is 21.9 Å². The number of aliphatic imine (C=N–C) groups is 1. The Balaban J connectivity index is 2.76. The fourth-order valence-electron chi connectivity index (χ4n) is 1.28. The molecule has 4 N–H and O–H groups in total. The Morgan fingerprint density at radius 2 is 2.20 bits per heavy atom. The van der Waals surface area contributed by atoms with E-state index in [-0.39, 0.29) is 5.96 Å². The van der Waals surface area contributed by atoms with Crippen LogP contribution in [-0.2, 0) is 6.42 Å². The molecule has 0 bridgehead atoms. The Bertz CT molecular complexity index is 362. The van der Waals surface area contributed by atoms with Crippen molar-refractivity contribution in [2.45, 2.75) is 6.42 Å². The molecule has 0 aromatic heterocycles. The second-order valence-corrected chi connectivity index (χ2v) is 3.84. The minimum atomic E-state index is 0.115. The summed E-state index contributed by atoms with van der Waals surface area (Å²) in [4.78, 5) is 3.93. The SMILES string of the molecule is COc1c(Br)cccc1CCN=C(N)N. The largest absolute Gasteiger partial charge is 0.495 e. The van der Waals surface area contributed by atoms with Gasteiger partial charge in [0.25, 0.3) is 0 Å². The highest BCUT2D eigenvalue weighted by Gasteiger charge is 2.05. The average Bonchev–Trinajstić information content (AvgIpc) is 2.17. The Morgan fingerprint density at radius 3 is 2.80 bits per heavy atom. The van der Waals surface area contributed by atoms with Gasteiger partial charge in [0.15, 0.2) is 5.96 Å². The number of guanidine groups is 1. The molecule has 0 spiro atoms. The smallest absolute Gasteiger partial charge is 0.185 e. The standard InChI is InChI=1S/C10H14BrN3O/c1-15-9-7(3-2-4-8(9)11)5-6-14-10(12)13/h2-4H,5-6H2,1H3,(H4,12,13,14). The minimum absolute atomic E-state index is 0.115. The van der Waals surface area contributed by atoms with Gasteiger partial charge < -0.3 is 16.2 Å². The highest BCUT2D eigenvalue weighted by Crippen LogP contribution is 2.28. The van der Waals surface area contributed by atoms with E-state index in [1.807, 2.05) is 18.2 Å². The van der Waals surface area contributed by atoms with Gasteiger partial charge >= 0.3 is 0 Å². The number of rotatable bonds is 4. The first-order valence-corrected chi connectivity index (χ1v) is 5.31. The van der Waals surface area contributed by atoms with Crippen LogP contribution in [0.5, 0.6) is 5.75 Å². The van der Waals surface area contributed by atoms with E-state index in [0.29, 0.717) is 6.54 Å². The molecule has 1 aromatic rings. The molecule has 0 atom stereocenters. The molecule has 1 rings (SSSR count). The van der Waals surface area contributed by atoms with Crippen LogP contribution in [0.3, 0.4) is 0 Å². The number of nitrogens with two attached hydrogens (primary N) is 2. The van der Waals surface area contributed by atoms with Crippen LogP contribution >= 0.6 is 15.9 Å². The quantitative estimate of drug-likeness (QED) is 0.640. The number of nitrogens with zero attached hydrogens (tertiary/aromatic N) is 1. The monoisotopic (exact) mass is 271 g/mol. The summed E-state index contributed by atoms with van der Waals surface area (Å²) in [6, 6.07) is 5.88. The van der Waals surface area contributed by atoms with E-state index in [2.05, 4.69) is 20.9 Å². The molecule has 15 heavy (non-hydrogen) atoms. The van der Waals surface area contributed by atoms with Gasteiger partial charge in [-0.3, -0.25) is 4.99 Å². The highest BCUT2D eigenvalue weighted by atomic mass is 79.9. The van der Waals surface area contributed by atoms with Crippen molar-refractivity contribution in [1.29, 1.82) is 0 Å². The maximum absolute atomic E-state index is 5.28. The summed E-state index contributed by atoms with van der Waals surface area (Å²) in [5.41, 5.74) is 11.6. The summed E-state index contributed by atoms with van der Waals surface area (Å²) in [5, 5.41) is 0. The Labute approximate surface area is 97.4 Å². The van der Waals surface area contributed by atoms with Crippen LogP contribution in [-0.4, -0.2) is 19.6 Å². The second kappa shape index (κ2) is 5.60. The molecular weight excluding hydrogens is 258 g/mol. The number of benzene rings is 1. The van der Waals surface area contributed by atoms with Crippen molar-refractivity contribution in [3.05, 3.63) is 28.2 Å². The maximum atomic E-state index is 5.28. The number of methoxy groups -OCH3 is 1. The molecule has 0 aliphatic rings. The van der Waals surface area contributed by atoms with Gasteiger partial charge in [0.05, 0.1) is 11.6 Å². The van der Waals surface area contributed by atoms with Crippen molar-refractivity contribution < 1.29 is 4.74 Å². The van der Waals surface area contributed by atoms with Crippen LogP contribution in [0.25, 0.3) is 0 Å². The van der Waals surface area contributed by atoms with Crippen LogP contribution < -0.4 is 16.2 Å². The third kappa shape index (κ3) is 3.43. The molecule has 0 fully saturated rings. The zero-order chi connectivity index (χ0) is 11.3. The number of halogens is 1. The average molecular weight is 272 g/mol. The van der Waals surface area contributed by atoms with Crippen LogP contribution in [0, 0.1) is 0 Å². The molecule has 0 amide bonds. The second-order valence-electron chi connectivity index (χ2n) is 2.99. The van der Waals surface area contributed by atoms with E-state index in [4.69, 9.17) is 16.2 Å². The van der Waals surface area contributed by atoms with Crippen molar-refractivity contribution in [2.75, 3.05) is 13.7 Å². The lowest BCUT2D eigenvalue weighted by atomic mass is 10.1. The third-order valence-corrected chi connectivity index (χ3v) is 2.55. The van der Waals surface area contributed by atoms with E-state index in [1.54, 1.807) is 7.11 Å². The molecule has 0 aliphatic heterocycles. The summed E-state index contributed by atoms with van der Waals surface area (Å²) in [7, 11) is 1.64. The van der Waals surface area contributed by atoms with Gasteiger partial charge in [-0.15, -0.1) is 0 Å². The summed E-state index contributed by atoms with van der Waals surface area (Å²) in [6.07, 6.45) is 0.751. The van der Waals surface area contributed by atoms with Crippen LogP contribution in [0.2, 0.25) is 0 Å². The van der Waals surface area contributed by atoms with Gasteiger partial charge in [-0.2, -0.15) is 0 Å². The molecule has 0 saturated heterocycles. The summed E-state index contributed by atoms with van der Waals surface area (Å²) >= 11 is 3.42. The maximum Gasteiger partial charge on any atom is 0.185 e. The molecule has 1 aromatic carbocycles. The van der Waals surface area contributed by atoms with Gasteiger partial charge in [0.1, 0.15) is 5.75 Å². The Kier molecular flexibility index (Phi) is 4.42. The van der Waals surface area contributed by atoms with E-state index in [9.17, 15) is 0 Å². The van der Waals surface area contributed by atoms with Gasteiger partial charge in [-0.25, -0.2) is 0 Å². The normalized spacial score (nSPS) is 9.73. The topological polar surface area (TPSA) is 73.6 Å². The number of para-hydroxylation sites is 1. The molecule has 4 nitrogen and oxygen atoms in total. The lowest BCUT2D eigenvalue weighted by molar-refractivity contribution is 0.407. The van der Waals surface area contributed by atoms with Crippen molar-refractivity contribution in [3.8, 4) is 5.75 Å². The fraction of sp³-hybridized carbons (Fsp3) is 0.300. The van der Waals surface area contributed by atoms with E-state index in [1.165, 1.54) is 0 Å². The van der Waals surface area contributed by atoms with Gasteiger partial charge in [0, 0.05) is 6.54 Å². The Hall–Kier alpha value is -1.23. The number of ether oxygens (including phenoxy) is 1. The predicted molar refractivity (Wildman–Crippen MR) is 65.1 cm³/mol. The number of hydrogen-bond acceptors (Lipinski definition) is 2. The summed E-state index contributed by atoms with van der Waals surface area (Å²) < 4.78 is 6.21. The minimum Gasteiger partial charge on any atom is -0.495 e. The number of hydrogen-bond donors (Lipinski definition) is 2. The highest BCUT2D eigenvalue weighted by molar-refractivity contribution is 9.10. The predicted octanol–water partition coefficient (Wildman–Crippen LogP) is 1.27. The molecule has 0 unspecified atom stereocenters. The fourth-order valence-corrected chi connectivity index (χ4v) is 1.85. The summed E-state index contributed by atoms with van der Waals surface area (Å²) in [6.45, 7) is 0.565. The lowest BCUT2D eigenvalue weighted by Gasteiger charge is -2.08. The van der Waals surface area contributed by atoms with Crippen LogP contribution in [0.4, 0.5) is 0 Å². The van der Waals surface area contributed by atoms with Crippen LogP contribution in [0.15, 0.2) is 27.7 Å². The first-order chi connectivity index (χ1) is 7.15. The molecule has 0 saturated carbocycles. The molecule has 5 heteroatoms.